The highest BCUT2D eigenvalue weighted by atomic mass is 35.5. The summed E-state index contributed by atoms with van der Waals surface area (Å²) >= 11 is 0. The Kier molecular flexibility index (Phi) is 24.5. The van der Waals surface area contributed by atoms with E-state index in [0.29, 0.717) is 12.1 Å². The molecule has 0 aromatic rings. The second kappa shape index (κ2) is 21.2. The van der Waals surface area contributed by atoms with E-state index in [1.54, 1.807) is 0 Å². The van der Waals surface area contributed by atoms with Crippen LogP contribution in [0.2, 0.25) is 0 Å². The molecule has 0 aromatic heterocycles. The van der Waals surface area contributed by atoms with Crippen molar-refractivity contribution in [1.82, 2.24) is 10.6 Å². The number of hydrogen-bond donors (Lipinski definition) is 4. The minimum Gasteiger partial charge on any atom is -0.480 e. The van der Waals surface area contributed by atoms with Crippen LogP contribution in [0.4, 0.5) is 0 Å². The molecule has 2 atom stereocenters. The first-order chi connectivity index (χ1) is 11.3. The number of carboxylic acid groups (broad SMARTS) is 2. The first-order valence-electron chi connectivity index (χ1n) is 9.23. The molecule has 0 spiro atoms. The second-order valence-corrected chi connectivity index (χ2v) is 6.34. The second-order valence-electron chi connectivity index (χ2n) is 6.34. The summed E-state index contributed by atoms with van der Waals surface area (Å²) in [6, 6.07) is 0.653. The van der Waals surface area contributed by atoms with E-state index in [9.17, 15) is 9.59 Å². The highest BCUT2D eigenvalue weighted by Crippen LogP contribution is 2.02. The fourth-order valence-corrected chi connectivity index (χ4v) is 2.13. The van der Waals surface area contributed by atoms with Gasteiger partial charge in [0.25, 0.3) is 0 Å². The van der Waals surface area contributed by atoms with Gasteiger partial charge in [-0.15, -0.1) is 12.4 Å². The zero-order chi connectivity index (χ0) is 18.8. The van der Waals surface area contributed by atoms with Gasteiger partial charge in [0.1, 0.15) is 0 Å². The Morgan fingerprint density at radius 2 is 1.08 bits per heavy atom. The number of nitrogens with one attached hydrogen (secondary N) is 2. The van der Waals surface area contributed by atoms with Crippen molar-refractivity contribution in [2.45, 2.75) is 91.1 Å². The fraction of sp³-hybridized carbons (Fsp3) is 0.889. The molecule has 4 N–H and O–H groups in total. The van der Waals surface area contributed by atoms with Crippen LogP contribution in [0, 0.1) is 0 Å². The van der Waals surface area contributed by atoms with Gasteiger partial charge < -0.3 is 20.8 Å². The van der Waals surface area contributed by atoms with Crippen LogP contribution in [0.25, 0.3) is 0 Å². The number of carbonyl (C=O) groups is 2. The van der Waals surface area contributed by atoms with Gasteiger partial charge in [0, 0.05) is 12.1 Å². The monoisotopic (exact) mass is 382 g/mol. The summed E-state index contributed by atoms with van der Waals surface area (Å²) in [6.45, 7) is 8.53. The number of halogens is 1. The van der Waals surface area contributed by atoms with Crippen LogP contribution in [-0.4, -0.2) is 47.3 Å². The smallest absolute Gasteiger partial charge is 0.317 e. The molecule has 152 valence electrons. The number of unbranched alkanes of at least 4 members (excludes halogenated alkanes) is 4. The number of aliphatic carboxylic acids is 2. The zero-order valence-corrected chi connectivity index (χ0v) is 17.2. The van der Waals surface area contributed by atoms with Gasteiger partial charge in [-0.25, -0.2) is 0 Å². The minimum absolute atomic E-state index is 0. The van der Waals surface area contributed by atoms with Crippen molar-refractivity contribution in [1.29, 1.82) is 0 Å². The first kappa shape index (κ1) is 28.9. The third-order valence-electron chi connectivity index (χ3n) is 3.68. The number of carboxylic acids is 2. The topological polar surface area (TPSA) is 98.7 Å². The molecule has 0 saturated carbocycles. The summed E-state index contributed by atoms with van der Waals surface area (Å²) in [5, 5.41) is 22.6. The average Bonchev–Trinajstić information content (AvgIpc) is 2.52. The minimum atomic E-state index is -0.780. The van der Waals surface area contributed by atoms with E-state index in [-0.39, 0.29) is 25.5 Å². The van der Waals surface area contributed by atoms with Gasteiger partial charge in [-0.05, 0) is 26.7 Å². The standard InChI is InChI=1S/2C9H19NO2.ClH/c2*1-3-4-5-6-8(2)10-7-9(11)12;/h2*8,10H,3-7H2,1-2H3,(H,11,12);1H/t2*8-;/m11./s1. The third kappa shape index (κ3) is 28.2. The van der Waals surface area contributed by atoms with Crippen molar-refractivity contribution >= 4 is 24.3 Å². The summed E-state index contributed by atoms with van der Waals surface area (Å²) in [5.74, 6) is -1.56. The molecule has 0 radical (unpaired) electrons. The number of hydrogen-bond acceptors (Lipinski definition) is 4. The summed E-state index contributed by atoms with van der Waals surface area (Å²) < 4.78 is 0. The largest absolute Gasteiger partial charge is 0.480 e. The maximum atomic E-state index is 10.2. The quantitative estimate of drug-likeness (QED) is 0.342. The Morgan fingerprint density at radius 3 is 1.32 bits per heavy atom. The van der Waals surface area contributed by atoms with Crippen LogP contribution in [0.5, 0.6) is 0 Å². The Bertz CT molecular complexity index is 287. The lowest BCUT2D eigenvalue weighted by atomic mass is 10.1. The van der Waals surface area contributed by atoms with Crippen LogP contribution in [0.3, 0.4) is 0 Å². The van der Waals surface area contributed by atoms with Crippen molar-refractivity contribution in [2.24, 2.45) is 0 Å². The molecule has 0 bridgehead atoms. The molecule has 25 heavy (non-hydrogen) atoms. The lowest BCUT2D eigenvalue weighted by Gasteiger charge is -2.10. The van der Waals surface area contributed by atoms with Crippen LogP contribution >= 0.6 is 12.4 Å². The number of rotatable bonds is 14. The zero-order valence-electron chi connectivity index (χ0n) is 16.3. The van der Waals surface area contributed by atoms with E-state index in [1.165, 1.54) is 38.5 Å². The van der Waals surface area contributed by atoms with E-state index >= 15 is 0 Å². The van der Waals surface area contributed by atoms with Crippen LogP contribution in [0.1, 0.15) is 79.1 Å². The summed E-state index contributed by atoms with van der Waals surface area (Å²) in [4.78, 5) is 20.3. The van der Waals surface area contributed by atoms with Crippen LogP contribution in [-0.2, 0) is 9.59 Å². The molecule has 0 heterocycles. The summed E-state index contributed by atoms with van der Waals surface area (Å²) in [5.41, 5.74) is 0. The van der Waals surface area contributed by atoms with Gasteiger partial charge >= 0.3 is 11.9 Å². The van der Waals surface area contributed by atoms with Crippen molar-refractivity contribution in [3.63, 3.8) is 0 Å². The van der Waals surface area contributed by atoms with E-state index in [2.05, 4.69) is 24.5 Å². The van der Waals surface area contributed by atoms with Crippen molar-refractivity contribution in [3.8, 4) is 0 Å². The van der Waals surface area contributed by atoms with Gasteiger partial charge in [0.15, 0.2) is 0 Å². The molecule has 0 amide bonds. The molecule has 0 aliphatic heterocycles. The maximum Gasteiger partial charge on any atom is 0.317 e. The SMILES string of the molecule is CCCCC[C@@H](C)NCC(=O)O.CCCCC[C@@H](C)NCC(=O)O.Cl. The molecular formula is C18H39ClN2O4. The van der Waals surface area contributed by atoms with E-state index in [4.69, 9.17) is 10.2 Å². The fourth-order valence-electron chi connectivity index (χ4n) is 2.13. The van der Waals surface area contributed by atoms with E-state index in [0.717, 1.165) is 12.8 Å². The van der Waals surface area contributed by atoms with Gasteiger partial charge in [0.05, 0.1) is 13.1 Å². The van der Waals surface area contributed by atoms with Crippen molar-refractivity contribution in [2.75, 3.05) is 13.1 Å². The molecule has 0 saturated heterocycles. The molecule has 0 aromatic carbocycles. The Hall–Kier alpha value is -0.850. The normalized spacial score (nSPS) is 12.3. The Balaban J connectivity index is -0.000000372. The van der Waals surface area contributed by atoms with Crippen molar-refractivity contribution < 1.29 is 19.8 Å². The van der Waals surface area contributed by atoms with E-state index < -0.39 is 11.9 Å². The lowest BCUT2D eigenvalue weighted by Crippen LogP contribution is -2.31. The lowest BCUT2D eigenvalue weighted by molar-refractivity contribution is -0.137. The molecule has 0 fully saturated rings. The molecule has 0 aliphatic rings. The Morgan fingerprint density at radius 1 is 0.760 bits per heavy atom. The van der Waals surface area contributed by atoms with Gasteiger partial charge in [-0.3, -0.25) is 9.59 Å². The predicted molar refractivity (Wildman–Crippen MR) is 106 cm³/mol. The highest BCUT2D eigenvalue weighted by molar-refractivity contribution is 5.85. The highest BCUT2D eigenvalue weighted by Gasteiger charge is 2.03. The summed E-state index contributed by atoms with van der Waals surface area (Å²) in [7, 11) is 0. The third-order valence-corrected chi connectivity index (χ3v) is 3.68. The Labute approximate surface area is 159 Å². The molecule has 0 rings (SSSR count). The summed E-state index contributed by atoms with van der Waals surface area (Å²) in [6.07, 6.45) is 9.41. The maximum absolute atomic E-state index is 10.2. The molecule has 0 unspecified atom stereocenters. The molecule has 0 aliphatic carbocycles. The molecule has 6 nitrogen and oxygen atoms in total. The van der Waals surface area contributed by atoms with Gasteiger partial charge in [0.2, 0.25) is 0 Å². The predicted octanol–water partition coefficient (Wildman–Crippen LogP) is 3.68. The van der Waals surface area contributed by atoms with Gasteiger partial charge in [-0.2, -0.15) is 0 Å². The van der Waals surface area contributed by atoms with Gasteiger partial charge in [-0.1, -0.05) is 52.4 Å². The first-order valence-corrected chi connectivity index (χ1v) is 9.23. The molecular weight excluding hydrogens is 344 g/mol. The average molecular weight is 383 g/mol. The van der Waals surface area contributed by atoms with Crippen molar-refractivity contribution in [3.05, 3.63) is 0 Å². The van der Waals surface area contributed by atoms with Crippen LogP contribution < -0.4 is 10.6 Å². The van der Waals surface area contributed by atoms with Crippen LogP contribution in [0.15, 0.2) is 0 Å². The molecule has 7 heteroatoms. The van der Waals surface area contributed by atoms with E-state index in [1.807, 2.05) is 13.8 Å².